The molecule has 3 N–H and O–H groups in total. The zero-order valence-electron chi connectivity index (χ0n) is 12.3. The largest absolute Gasteiger partial charge is 0.381 e. The summed E-state index contributed by atoms with van der Waals surface area (Å²) in [5.41, 5.74) is 5.36. The molecule has 0 aromatic heterocycles. The van der Waals surface area contributed by atoms with Crippen molar-refractivity contribution < 1.29 is 4.74 Å². The second-order valence-electron chi connectivity index (χ2n) is 3.98. The molecular weight excluding hydrogens is 212 g/mol. The van der Waals surface area contributed by atoms with Crippen LogP contribution in [0.1, 0.15) is 58.8 Å². The Morgan fingerprint density at radius 1 is 0.824 bits per heavy atom. The molecule has 0 rings (SSSR count). The number of hydrogen-bond acceptors (Lipinski definition) is 3. The average Bonchev–Trinajstić information content (AvgIpc) is 2.38. The van der Waals surface area contributed by atoms with Crippen molar-refractivity contribution in [1.29, 1.82) is 0 Å². The molecule has 0 aliphatic carbocycles. The number of unbranched alkanes of at least 4 members (excludes halogenated alkanes) is 5. The molecule has 0 amide bonds. The lowest BCUT2D eigenvalue weighted by Gasteiger charge is -2.03. The highest BCUT2D eigenvalue weighted by atomic mass is 16.5. The Hall–Kier alpha value is -0.120. The molecule has 0 aliphatic heterocycles. The minimum absolute atomic E-state index is 0.742. The Morgan fingerprint density at radius 2 is 1.35 bits per heavy atom. The molecule has 3 nitrogen and oxygen atoms in total. The van der Waals surface area contributed by atoms with Gasteiger partial charge < -0.3 is 15.8 Å². The molecule has 0 atom stereocenters. The lowest BCUT2D eigenvalue weighted by atomic mass is 10.1. The van der Waals surface area contributed by atoms with Gasteiger partial charge in [-0.15, -0.1) is 0 Å². The minimum atomic E-state index is 0.742. The maximum atomic E-state index is 5.43. The molecular formula is C14H34N2O. The smallest absolute Gasteiger partial charge is 0.0478 e. The van der Waals surface area contributed by atoms with Crippen LogP contribution in [0.3, 0.4) is 0 Å². The topological polar surface area (TPSA) is 47.3 Å². The van der Waals surface area contributed by atoms with Crippen molar-refractivity contribution >= 4 is 0 Å². The van der Waals surface area contributed by atoms with Crippen LogP contribution < -0.4 is 11.1 Å². The highest BCUT2D eigenvalue weighted by Gasteiger charge is 1.91. The fraction of sp³-hybridized carbons (Fsp3) is 1.00. The van der Waals surface area contributed by atoms with E-state index in [1.165, 1.54) is 38.5 Å². The predicted octanol–water partition coefficient (Wildman–Crippen LogP) is 2.94. The van der Waals surface area contributed by atoms with Crippen LogP contribution in [-0.4, -0.2) is 33.4 Å². The van der Waals surface area contributed by atoms with Crippen molar-refractivity contribution in [3.63, 3.8) is 0 Å². The fourth-order valence-electron chi connectivity index (χ4n) is 1.50. The second-order valence-corrected chi connectivity index (χ2v) is 3.98. The van der Waals surface area contributed by atoms with E-state index in [0.717, 1.165) is 32.7 Å². The maximum absolute atomic E-state index is 5.43. The van der Waals surface area contributed by atoms with Crippen LogP contribution in [0.15, 0.2) is 0 Å². The Morgan fingerprint density at radius 3 is 1.94 bits per heavy atom. The number of nitrogens with one attached hydrogen (secondary N) is 1. The van der Waals surface area contributed by atoms with E-state index in [-0.39, 0.29) is 0 Å². The number of ether oxygens (including phenoxy) is 1. The summed E-state index contributed by atoms with van der Waals surface area (Å²) in [6, 6.07) is 0. The zero-order chi connectivity index (χ0) is 13.2. The summed E-state index contributed by atoms with van der Waals surface area (Å²) in [6.07, 6.45) is 8.88. The average molecular weight is 246 g/mol. The highest BCUT2D eigenvalue weighted by Crippen LogP contribution is 2.04. The van der Waals surface area contributed by atoms with E-state index in [4.69, 9.17) is 10.5 Å². The molecule has 0 saturated carbocycles. The molecule has 0 aliphatic rings. The van der Waals surface area contributed by atoms with Gasteiger partial charge in [-0.25, -0.2) is 0 Å². The van der Waals surface area contributed by atoms with Gasteiger partial charge in [0.1, 0.15) is 0 Å². The van der Waals surface area contributed by atoms with Gasteiger partial charge in [0.15, 0.2) is 0 Å². The monoisotopic (exact) mass is 246 g/mol. The molecule has 0 saturated heterocycles. The minimum Gasteiger partial charge on any atom is -0.381 e. The molecule has 106 valence electrons. The van der Waals surface area contributed by atoms with Gasteiger partial charge >= 0.3 is 0 Å². The van der Waals surface area contributed by atoms with Crippen LogP contribution >= 0.6 is 0 Å². The Kier molecular flexibility index (Phi) is 24.0. The summed E-state index contributed by atoms with van der Waals surface area (Å²) in [5.74, 6) is 0. The van der Waals surface area contributed by atoms with E-state index in [0.29, 0.717) is 0 Å². The van der Waals surface area contributed by atoms with E-state index < -0.39 is 0 Å². The lowest BCUT2D eigenvalue weighted by Crippen LogP contribution is -2.07. The van der Waals surface area contributed by atoms with Gasteiger partial charge in [-0.3, -0.25) is 0 Å². The maximum Gasteiger partial charge on any atom is 0.0478 e. The summed E-state index contributed by atoms with van der Waals surface area (Å²) in [4.78, 5) is 0. The molecule has 0 bridgehead atoms. The number of hydrogen-bond donors (Lipinski definition) is 2. The molecule has 17 heavy (non-hydrogen) atoms. The Bertz CT molecular complexity index is 98.4. The third kappa shape index (κ3) is 21.7. The van der Waals surface area contributed by atoms with Crippen molar-refractivity contribution in [3.05, 3.63) is 0 Å². The molecule has 0 radical (unpaired) electrons. The van der Waals surface area contributed by atoms with Crippen LogP contribution in [0.25, 0.3) is 0 Å². The van der Waals surface area contributed by atoms with Gasteiger partial charge in [0, 0.05) is 13.2 Å². The normalized spacial score (nSPS) is 9.88. The zero-order valence-corrected chi connectivity index (χ0v) is 12.3. The van der Waals surface area contributed by atoms with Gasteiger partial charge in [-0.05, 0) is 39.4 Å². The quantitative estimate of drug-likeness (QED) is 0.521. The summed E-state index contributed by atoms with van der Waals surface area (Å²) in [6.45, 7) is 7.64. The summed E-state index contributed by atoms with van der Waals surface area (Å²) < 4.78 is 5.43. The Balaban J connectivity index is 0. The van der Waals surface area contributed by atoms with E-state index in [1.54, 1.807) is 0 Å². The van der Waals surface area contributed by atoms with Crippen molar-refractivity contribution in [2.75, 3.05) is 33.4 Å². The number of rotatable bonds is 12. The first-order valence-corrected chi connectivity index (χ1v) is 7.34. The molecule has 0 spiro atoms. The van der Waals surface area contributed by atoms with Crippen molar-refractivity contribution in [3.8, 4) is 0 Å². The van der Waals surface area contributed by atoms with Gasteiger partial charge in [0.2, 0.25) is 0 Å². The third-order valence-electron chi connectivity index (χ3n) is 2.46. The third-order valence-corrected chi connectivity index (χ3v) is 2.46. The van der Waals surface area contributed by atoms with Gasteiger partial charge in [0.05, 0.1) is 0 Å². The van der Waals surface area contributed by atoms with Gasteiger partial charge in [0.25, 0.3) is 0 Å². The molecule has 0 aromatic carbocycles. The summed E-state index contributed by atoms with van der Waals surface area (Å²) in [5, 5.41) is 3.17. The molecule has 3 heteroatoms. The van der Waals surface area contributed by atoms with Crippen LogP contribution in [0.4, 0.5) is 0 Å². The van der Waals surface area contributed by atoms with Crippen LogP contribution in [-0.2, 0) is 4.74 Å². The van der Waals surface area contributed by atoms with Crippen LogP contribution in [0, 0.1) is 0 Å². The van der Waals surface area contributed by atoms with Crippen LogP contribution in [0.5, 0.6) is 0 Å². The van der Waals surface area contributed by atoms with E-state index in [9.17, 15) is 0 Å². The fourth-order valence-corrected chi connectivity index (χ4v) is 1.50. The van der Waals surface area contributed by atoms with E-state index >= 15 is 0 Å². The molecule has 0 unspecified atom stereocenters. The standard InChI is InChI=1S/C12H28N2O.C2H6/c1-14-10-6-4-2-3-5-7-11-15-12-8-9-13;1-2/h14H,2-13H2,1H3;1-2H3. The van der Waals surface area contributed by atoms with Crippen molar-refractivity contribution in [1.82, 2.24) is 5.32 Å². The van der Waals surface area contributed by atoms with Gasteiger partial charge in [-0.2, -0.15) is 0 Å². The lowest BCUT2D eigenvalue weighted by molar-refractivity contribution is 0.129. The van der Waals surface area contributed by atoms with Crippen molar-refractivity contribution in [2.45, 2.75) is 58.8 Å². The van der Waals surface area contributed by atoms with Gasteiger partial charge in [-0.1, -0.05) is 39.5 Å². The second kappa shape index (κ2) is 21.2. The SMILES string of the molecule is CC.CNCCCCCCCCOCCCN. The summed E-state index contributed by atoms with van der Waals surface area (Å²) >= 11 is 0. The summed E-state index contributed by atoms with van der Waals surface area (Å²) in [7, 11) is 2.01. The van der Waals surface area contributed by atoms with Crippen molar-refractivity contribution in [2.24, 2.45) is 5.73 Å². The first-order chi connectivity index (χ1) is 8.41. The van der Waals surface area contributed by atoms with E-state index in [1.807, 2.05) is 20.9 Å². The van der Waals surface area contributed by atoms with Crippen LogP contribution in [0.2, 0.25) is 0 Å². The Labute approximate surface area is 108 Å². The van der Waals surface area contributed by atoms with E-state index in [2.05, 4.69) is 5.32 Å². The molecule has 0 fully saturated rings. The number of nitrogens with two attached hydrogens (primary N) is 1. The predicted molar refractivity (Wildman–Crippen MR) is 77.5 cm³/mol. The highest BCUT2D eigenvalue weighted by molar-refractivity contribution is 4.47. The first-order valence-electron chi connectivity index (χ1n) is 7.34. The first kappa shape index (κ1) is 19.2. The molecule has 0 heterocycles. The molecule has 0 aromatic rings.